The SMILES string of the molecule is COc1ccc(-c2nc3cc(C(C)C)ccc3o2)cc1NC(=O)c1cccc(OCc2ccccc2)c1. The van der Waals surface area contributed by atoms with Crippen molar-refractivity contribution in [2.45, 2.75) is 26.4 Å². The minimum Gasteiger partial charge on any atom is -0.495 e. The lowest BCUT2D eigenvalue weighted by Crippen LogP contribution is -2.13. The van der Waals surface area contributed by atoms with Gasteiger partial charge in [-0.05, 0) is 65.6 Å². The summed E-state index contributed by atoms with van der Waals surface area (Å²) in [4.78, 5) is 17.8. The van der Waals surface area contributed by atoms with Crippen LogP contribution in [0, 0.1) is 0 Å². The molecule has 0 bridgehead atoms. The fourth-order valence-electron chi connectivity index (χ4n) is 4.03. The number of nitrogens with zero attached hydrogens (tertiary/aromatic N) is 1. The fraction of sp³-hybridized carbons (Fsp3) is 0.161. The van der Waals surface area contributed by atoms with Crippen molar-refractivity contribution in [2.24, 2.45) is 0 Å². The number of fused-ring (bicyclic) bond motifs is 1. The maximum atomic E-state index is 13.1. The Bertz CT molecular complexity index is 1540. The van der Waals surface area contributed by atoms with E-state index in [9.17, 15) is 4.79 Å². The van der Waals surface area contributed by atoms with Gasteiger partial charge in [0.05, 0.1) is 12.8 Å². The summed E-state index contributed by atoms with van der Waals surface area (Å²) < 4.78 is 17.4. The molecule has 5 rings (SSSR count). The number of carbonyl (C=O) groups is 1. The number of carbonyl (C=O) groups excluding carboxylic acids is 1. The fourth-order valence-corrected chi connectivity index (χ4v) is 4.03. The zero-order valence-corrected chi connectivity index (χ0v) is 21.0. The Hall–Kier alpha value is -4.58. The summed E-state index contributed by atoms with van der Waals surface area (Å²) >= 11 is 0. The average Bonchev–Trinajstić information content (AvgIpc) is 3.36. The third-order valence-corrected chi connectivity index (χ3v) is 6.12. The number of methoxy groups -OCH3 is 1. The van der Waals surface area contributed by atoms with Crippen molar-refractivity contribution >= 4 is 22.7 Å². The van der Waals surface area contributed by atoms with Gasteiger partial charge in [-0.2, -0.15) is 0 Å². The molecule has 1 heterocycles. The summed E-state index contributed by atoms with van der Waals surface area (Å²) in [5, 5.41) is 2.96. The number of rotatable bonds is 8. The van der Waals surface area contributed by atoms with Crippen LogP contribution in [-0.2, 0) is 6.61 Å². The van der Waals surface area contributed by atoms with Gasteiger partial charge in [-0.3, -0.25) is 4.79 Å². The second-order valence-corrected chi connectivity index (χ2v) is 9.07. The Morgan fingerprint density at radius 3 is 2.57 bits per heavy atom. The second kappa shape index (κ2) is 10.6. The van der Waals surface area contributed by atoms with Gasteiger partial charge in [0.25, 0.3) is 5.91 Å². The number of hydrogen-bond donors (Lipinski definition) is 1. The number of oxazole rings is 1. The Balaban J connectivity index is 1.36. The third kappa shape index (κ3) is 5.48. The Kier molecular flexibility index (Phi) is 6.90. The van der Waals surface area contributed by atoms with E-state index in [4.69, 9.17) is 13.9 Å². The molecule has 0 unspecified atom stereocenters. The Morgan fingerprint density at radius 2 is 1.78 bits per heavy atom. The summed E-state index contributed by atoms with van der Waals surface area (Å²) in [7, 11) is 1.57. The highest BCUT2D eigenvalue weighted by Gasteiger charge is 2.15. The van der Waals surface area contributed by atoms with Gasteiger partial charge in [-0.25, -0.2) is 4.98 Å². The van der Waals surface area contributed by atoms with E-state index in [1.165, 1.54) is 5.56 Å². The van der Waals surface area contributed by atoms with E-state index in [0.29, 0.717) is 46.7 Å². The van der Waals surface area contributed by atoms with Gasteiger partial charge in [0, 0.05) is 11.1 Å². The van der Waals surface area contributed by atoms with Crippen molar-refractivity contribution in [1.82, 2.24) is 4.98 Å². The summed E-state index contributed by atoms with van der Waals surface area (Å²) in [5.41, 5.74) is 5.50. The maximum Gasteiger partial charge on any atom is 0.255 e. The van der Waals surface area contributed by atoms with Crippen LogP contribution in [0.5, 0.6) is 11.5 Å². The van der Waals surface area contributed by atoms with E-state index in [1.54, 1.807) is 37.4 Å². The average molecular weight is 493 g/mol. The van der Waals surface area contributed by atoms with Gasteiger partial charge in [0.2, 0.25) is 5.89 Å². The molecule has 6 heteroatoms. The highest BCUT2D eigenvalue weighted by atomic mass is 16.5. The van der Waals surface area contributed by atoms with Gasteiger partial charge >= 0.3 is 0 Å². The first kappa shape index (κ1) is 24.1. The van der Waals surface area contributed by atoms with Crippen molar-refractivity contribution in [1.29, 1.82) is 0 Å². The predicted octanol–water partition coefficient (Wildman–Crippen LogP) is 7.46. The Morgan fingerprint density at radius 1 is 0.946 bits per heavy atom. The van der Waals surface area contributed by atoms with Crippen molar-refractivity contribution in [2.75, 3.05) is 12.4 Å². The standard InChI is InChI=1S/C31H28N2O4/c1-20(2)22-12-15-29-27(17-22)33-31(37-29)24-13-14-28(35-3)26(18-24)32-30(34)23-10-7-11-25(16-23)36-19-21-8-5-4-6-9-21/h4-18,20H,19H2,1-3H3,(H,32,34). The van der Waals surface area contributed by atoms with Crippen LogP contribution in [0.3, 0.4) is 0 Å². The summed E-state index contributed by atoms with van der Waals surface area (Å²) in [6.07, 6.45) is 0. The highest BCUT2D eigenvalue weighted by molar-refractivity contribution is 6.05. The zero-order chi connectivity index (χ0) is 25.8. The molecule has 1 amide bonds. The van der Waals surface area contributed by atoms with Crippen LogP contribution in [0.2, 0.25) is 0 Å². The number of anilines is 1. The van der Waals surface area contributed by atoms with Gasteiger partial charge < -0.3 is 19.2 Å². The van der Waals surface area contributed by atoms with Crippen LogP contribution in [-0.4, -0.2) is 18.0 Å². The van der Waals surface area contributed by atoms with Crippen molar-refractivity contribution in [3.8, 4) is 23.0 Å². The van der Waals surface area contributed by atoms with Crippen LogP contribution < -0.4 is 14.8 Å². The van der Waals surface area contributed by atoms with E-state index < -0.39 is 0 Å². The van der Waals surface area contributed by atoms with E-state index in [-0.39, 0.29) is 5.91 Å². The monoisotopic (exact) mass is 492 g/mol. The lowest BCUT2D eigenvalue weighted by molar-refractivity contribution is 0.102. The zero-order valence-electron chi connectivity index (χ0n) is 21.0. The molecular formula is C31H28N2O4. The topological polar surface area (TPSA) is 73.6 Å². The largest absolute Gasteiger partial charge is 0.495 e. The minimum absolute atomic E-state index is 0.278. The molecule has 186 valence electrons. The lowest BCUT2D eigenvalue weighted by atomic mass is 10.0. The van der Waals surface area contributed by atoms with Gasteiger partial charge in [0.15, 0.2) is 5.58 Å². The molecule has 37 heavy (non-hydrogen) atoms. The molecule has 0 saturated heterocycles. The number of benzene rings is 4. The molecule has 0 radical (unpaired) electrons. The van der Waals surface area contributed by atoms with E-state index in [2.05, 4.69) is 30.2 Å². The van der Waals surface area contributed by atoms with Crippen LogP contribution in [0.1, 0.15) is 41.3 Å². The Labute approximate surface area is 215 Å². The van der Waals surface area contributed by atoms with Crippen molar-refractivity contribution in [3.05, 3.63) is 108 Å². The molecule has 0 aliphatic carbocycles. The molecule has 0 atom stereocenters. The molecule has 5 aromatic rings. The van der Waals surface area contributed by atoms with Crippen LogP contribution in [0.15, 0.2) is 95.4 Å². The number of aromatic nitrogens is 1. The van der Waals surface area contributed by atoms with Crippen LogP contribution in [0.4, 0.5) is 5.69 Å². The smallest absolute Gasteiger partial charge is 0.255 e. The molecule has 0 fully saturated rings. The molecule has 6 nitrogen and oxygen atoms in total. The maximum absolute atomic E-state index is 13.1. The molecule has 1 aromatic heterocycles. The molecule has 0 spiro atoms. The molecule has 0 saturated carbocycles. The normalized spacial score (nSPS) is 11.0. The van der Waals surface area contributed by atoms with E-state index in [0.717, 1.165) is 16.6 Å². The molecule has 0 aliphatic rings. The summed E-state index contributed by atoms with van der Waals surface area (Å²) in [6.45, 7) is 4.71. The first-order valence-corrected chi connectivity index (χ1v) is 12.2. The van der Waals surface area contributed by atoms with Crippen molar-refractivity contribution < 1.29 is 18.7 Å². The first-order valence-electron chi connectivity index (χ1n) is 12.2. The molecular weight excluding hydrogens is 464 g/mol. The molecule has 1 N–H and O–H groups in total. The first-order chi connectivity index (χ1) is 18.0. The number of amides is 1. The molecule has 0 aliphatic heterocycles. The van der Waals surface area contributed by atoms with E-state index in [1.807, 2.05) is 54.6 Å². The number of nitrogens with one attached hydrogen (secondary N) is 1. The highest BCUT2D eigenvalue weighted by Crippen LogP contribution is 2.33. The molecule has 4 aromatic carbocycles. The summed E-state index contributed by atoms with van der Waals surface area (Å²) in [6, 6.07) is 28.5. The second-order valence-electron chi connectivity index (χ2n) is 9.07. The van der Waals surface area contributed by atoms with Gasteiger partial charge in [-0.15, -0.1) is 0 Å². The van der Waals surface area contributed by atoms with Crippen LogP contribution >= 0.6 is 0 Å². The van der Waals surface area contributed by atoms with Gasteiger partial charge in [0.1, 0.15) is 23.6 Å². The quantitative estimate of drug-likeness (QED) is 0.243. The number of hydrogen-bond acceptors (Lipinski definition) is 5. The van der Waals surface area contributed by atoms with E-state index >= 15 is 0 Å². The van der Waals surface area contributed by atoms with Crippen LogP contribution in [0.25, 0.3) is 22.6 Å². The number of ether oxygens (including phenoxy) is 2. The lowest BCUT2D eigenvalue weighted by Gasteiger charge is -2.12. The van der Waals surface area contributed by atoms with Crippen molar-refractivity contribution in [3.63, 3.8) is 0 Å². The predicted molar refractivity (Wildman–Crippen MR) is 145 cm³/mol. The third-order valence-electron chi connectivity index (χ3n) is 6.12. The van der Waals surface area contributed by atoms with Gasteiger partial charge in [-0.1, -0.05) is 56.3 Å². The summed E-state index contributed by atoms with van der Waals surface area (Å²) in [5.74, 6) is 1.75. The minimum atomic E-state index is -0.278.